The molecule has 2 amide bonds. The summed E-state index contributed by atoms with van der Waals surface area (Å²) in [7, 11) is 0. The molecule has 1 aromatic carbocycles. The van der Waals surface area contributed by atoms with Gasteiger partial charge in [0.05, 0.1) is 6.10 Å². The fraction of sp³-hybridized carbons (Fsp3) is 0.529. The van der Waals surface area contributed by atoms with E-state index in [1.54, 1.807) is 6.92 Å². The van der Waals surface area contributed by atoms with Gasteiger partial charge in [-0.25, -0.2) is 0 Å². The smallest absolute Gasteiger partial charge is 0.313 e. The van der Waals surface area contributed by atoms with Crippen LogP contribution >= 0.6 is 0 Å². The molecule has 5 nitrogen and oxygen atoms in total. The van der Waals surface area contributed by atoms with Crippen molar-refractivity contribution in [2.24, 2.45) is 0 Å². The number of aryl methyl sites for hydroxylation is 1. The average molecular weight is 306 g/mol. The number of benzene rings is 1. The third-order valence-electron chi connectivity index (χ3n) is 3.33. The Morgan fingerprint density at radius 3 is 2.41 bits per heavy atom. The Bertz CT molecular complexity index is 469. The number of carbonyl (C=O) groups excluding carboxylic acids is 2. The van der Waals surface area contributed by atoms with E-state index in [0.717, 1.165) is 12.8 Å². The Morgan fingerprint density at radius 2 is 1.82 bits per heavy atom. The maximum Gasteiger partial charge on any atom is 0.313 e. The molecule has 0 fully saturated rings. The average Bonchev–Trinajstić information content (AvgIpc) is 2.48. The molecule has 0 spiro atoms. The van der Waals surface area contributed by atoms with E-state index in [0.29, 0.717) is 12.1 Å². The first-order valence-electron chi connectivity index (χ1n) is 7.89. The van der Waals surface area contributed by atoms with Gasteiger partial charge >= 0.3 is 11.8 Å². The predicted octanol–water partition coefficient (Wildman–Crippen LogP) is 2.24. The molecular formula is C17H26N2O3. The van der Waals surface area contributed by atoms with Gasteiger partial charge in [0, 0.05) is 12.2 Å². The Kier molecular flexibility index (Phi) is 8.22. The molecule has 1 unspecified atom stereocenters. The van der Waals surface area contributed by atoms with E-state index in [4.69, 9.17) is 5.11 Å². The summed E-state index contributed by atoms with van der Waals surface area (Å²) >= 11 is 0. The minimum atomic E-state index is -0.690. The summed E-state index contributed by atoms with van der Waals surface area (Å²) in [6.07, 6.45) is 4.52. The van der Waals surface area contributed by atoms with Crippen LogP contribution in [0.15, 0.2) is 24.3 Å². The van der Waals surface area contributed by atoms with Crippen molar-refractivity contribution in [1.29, 1.82) is 0 Å². The lowest BCUT2D eigenvalue weighted by atomic mass is 10.1. The van der Waals surface area contributed by atoms with Gasteiger partial charge in [-0.1, -0.05) is 31.9 Å². The number of unbranched alkanes of at least 4 members (excludes halogenated alkanes) is 2. The van der Waals surface area contributed by atoms with Crippen molar-refractivity contribution in [3.05, 3.63) is 29.8 Å². The molecule has 0 saturated carbocycles. The summed E-state index contributed by atoms with van der Waals surface area (Å²) in [5, 5.41) is 14.1. The van der Waals surface area contributed by atoms with E-state index < -0.39 is 17.9 Å². The van der Waals surface area contributed by atoms with Gasteiger partial charge < -0.3 is 15.7 Å². The molecular weight excluding hydrogens is 280 g/mol. The number of rotatable bonds is 8. The van der Waals surface area contributed by atoms with Gasteiger partial charge in [-0.2, -0.15) is 0 Å². The van der Waals surface area contributed by atoms with E-state index in [-0.39, 0.29) is 6.54 Å². The highest BCUT2D eigenvalue weighted by molar-refractivity contribution is 6.39. The van der Waals surface area contributed by atoms with Crippen molar-refractivity contribution in [3.8, 4) is 0 Å². The van der Waals surface area contributed by atoms with Crippen LogP contribution in [0, 0.1) is 0 Å². The van der Waals surface area contributed by atoms with Crippen LogP contribution in [0.4, 0.5) is 5.69 Å². The molecule has 122 valence electrons. The van der Waals surface area contributed by atoms with Crippen LogP contribution in [0.1, 0.15) is 45.1 Å². The van der Waals surface area contributed by atoms with Crippen LogP contribution < -0.4 is 10.6 Å². The number of carbonyl (C=O) groups is 2. The van der Waals surface area contributed by atoms with Gasteiger partial charge in [-0.05, 0) is 43.9 Å². The quantitative estimate of drug-likeness (QED) is 0.509. The summed E-state index contributed by atoms with van der Waals surface area (Å²) in [5.74, 6) is -1.38. The molecule has 0 aliphatic rings. The zero-order valence-corrected chi connectivity index (χ0v) is 13.4. The van der Waals surface area contributed by atoms with Crippen LogP contribution in [0.3, 0.4) is 0 Å². The van der Waals surface area contributed by atoms with E-state index in [1.807, 2.05) is 24.3 Å². The van der Waals surface area contributed by atoms with E-state index in [2.05, 4.69) is 17.6 Å². The second kappa shape index (κ2) is 9.95. The number of aliphatic hydroxyl groups excluding tert-OH is 1. The van der Waals surface area contributed by atoms with Crippen LogP contribution in [0.5, 0.6) is 0 Å². The molecule has 22 heavy (non-hydrogen) atoms. The highest BCUT2D eigenvalue weighted by atomic mass is 16.3. The Balaban J connectivity index is 2.39. The molecule has 1 rings (SSSR count). The maximum atomic E-state index is 11.7. The van der Waals surface area contributed by atoms with Crippen LogP contribution in [0.25, 0.3) is 0 Å². The molecule has 1 atom stereocenters. The minimum absolute atomic E-state index is 0.278. The van der Waals surface area contributed by atoms with Gasteiger partial charge in [0.2, 0.25) is 0 Å². The monoisotopic (exact) mass is 306 g/mol. The Labute approximate surface area is 132 Å². The Morgan fingerprint density at radius 1 is 1.14 bits per heavy atom. The Hall–Kier alpha value is -1.88. The highest BCUT2D eigenvalue weighted by Gasteiger charge is 2.13. The predicted molar refractivity (Wildman–Crippen MR) is 87.6 cm³/mol. The molecule has 0 saturated heterocycles. The van der Waals surface area contributed by atoms with Crippen molar-refractivity contribution in [3.63, 3.8) is 0 Å². The number of amides is 2. The van der Waals surface area contributed by atoms with E-state index in [1.165, 1.54) is 18.4 Å². The molecule has 5 heteroatoms. The summed E-state index contributed by atoms with van der Waals surface area (Å²) in [5.41, 5.74) is 1.84. The molecule has 1 aromatic rings. The largest absolute Gasteiger partial charge is 0.393 e. The molecule has 0 heterocycles. The first-order chi connectivity index (χ1) is 10.5. The molecule has 0 aliphatic heterocycles. The third kappa shape index (κ3) is 7.22. The van der Waals surface area contributed by atoms with Crippen molar-refractivity contribution >= 4 is 17.5 Å². The van der Waals surface area contributed by atoms with Crippen LogP contribution in [0.2, 0.25) is 0 Å². The number of nitrogens with one attached hydrogen (secondary N) is 2. The lowest BCUT2D eigenvalue weighted by Crippen LogP contribution is -2.36. The fourth-order valence-corrected chi connectivity index (χ4v) is 2.00. The van der Waals surface area contributed by atoms with Gasteiger partial charge in [0.1, 0.15) is 0 Å². The first-order valence-corrected chi connectivity index (χ1v) is 7.89. The van der Waals surface area contributed by atoms with Crippen molar-refractivity contribution in [2.75, 3.05) is 11.9 Å². The van der Waals surface area contributed by atoms with Gasteiger partial charge in [0.25, 0.3) is 0 Å². The van der Waals surface area contributed by atoms with Gasteiger partial charge in [0.15, 0.2) is 0 Å². The summed E-state index contributed by atoms with van der Waals surface area (Å²) in [6.45, 7) is 4.08. The lowest BCUT2D eigenvalue weighted by molar-refractivity contribution is -0.136. The maximum absolute atomic E-state index is 11.7. The molecule has 3 N–H and O–H groups in total. The third-order valence-corrected chi connectivity index (χ3v) is 3.33. The molecule has 0 aromatic heterocycles. The van der Waals surface area contributed by atoms with Gasteiger partial charge in [-0.15, -0.1) is 0 Å². The zero-order chi connectivity index (χ0) is 16.4. The minimum Gasteiger partial charge on any atom is -0.393 e. The van der Waals surface area contributed by atoms with E-state index in [9.17, 15) is 9.59 Å². The molecule has 0 radical (unpaired) electrons. The summed E-state index contributed by atoms with van der Waals surface area (Å²) < 4.78 is 0. The lowest BCUT2D eigenvalue weighted by Gasteiger charge is -2.08. The zero-order valence-electron chi connectivity index (χ0n) is 13.4. The fourth-order valence-electron chi connectivity index (χ4n) is 2.00. The second-order valence-electron chi connectivity index (χ2n) is 5.50. The SMILES string of the molecule is CCCCCc1ccc(NC(=O)C(=O)NCCC(C)O)cc1. The van der Waals surface area contributed by atoms with Gasteiger partial charge in [-0.3, -0.25) is 9.59 Å². The van der Waals surface area contributed by atoms with Crippen molar-refractivity contribution in [1.82, 2.24) is 5.32 Å². The van der Waals surface area contributed by atoms with Crippen molar-refractivity contribution < 1.29 is 14.7 Å². The number of aliphatic hydroxyl groups is 1. The first kappa shape index (κ1) is 18.2. The van der Waals surface area contributed by atoms with E-state index >= 15 is 0 Å². The number of hydrogen-bond acceptors (Lipinski definition) is 3. The summed E-state index contributed by atoms with van der Waals surface area (Å²) in [4.78, 5) is 23.3. The summed E-state index contributed by atoms with van der Waals surface area (Å²) in [6, 6.07) is 7.55. The topological polar surface area (TPSA) is 78.4 Å². The second-order valence-corrected chi connectivity index (χ2v) is 5.50. The van der Waals surface area contributed by atoms with Crippen LogP contribution in [-0.2, 0) is 16.0 Å². The number of hydrogen-bond donors (Lipinski definition) is 3. The van der Waals surface area contributed by atoms with Crippen LogP contribution in [-0.4, -0.2) is 29.6 Å². The highest BCUT2D eigenvalue weighted by Crippen LogP contribution is 2.12. The van der Waals surface area contributed by atoms with Crippen molar-refractivity contribution in [2.45, 2.75) is 52.1 Å². The molecule has 0 aliphatic carbocycles. The number of anilines is 1. The standard InChI is InChI=1S/C17H26N2O3/c1-3-4-5-6-14-7-9-15(10-8-14)19-17(22)16(21)18-12-11-13(2)20/h7-10,13,20H,3-6,11-12H2,1-2H3,(H,18,21)(H,19,22). The normalized spacial score (nSPS) is 11.8. The molecule has 0 bridgehead atoms.